The molecule has 1 N–H and O–H groups in total. The zero-order valence-electron chi connectivity index (χ0n) is 14.1. The van der Waals surface area contributed by atoms with Gasteiger partial charge in [0.05, 0.1) is 12.5 Å². The lowest BCUT2D eigenvalue weighted by Gasteiger charge is -2.07. The van der Waals surface area contributed by atoms with Gasteiger partial charge in [-0.1, -0.05) is 18.2 Å². The number of alkyl halides is 3. The second-order valence-electron chi connectivity index (χ2n) is 5.54. The van der Waals surface area contributed by atoms with Crippen molar-refractivity contribution >= 4 is 28.9 Å². The van der Waals surface area contributed by atoms with Crippen molar-refractivity contribution in [2.45, 2.75) is 19.1 Å². The Morgan fingerprint density at radius 1 is 1.30 bits per heavy atom. The first-order chi connectivity index (χ1) is 12.8. The van der Waals surface area contributed by atoms with Crippen LogP contribution in [0.5, 0.6) is 0 Å². The molecule has 0 bridgehead atoms. The zero-order chi connectivity index (χ0) is 19.9. The number of esters is 1. The maximum atomic E-state index is 12.0. The summed E-state index contributed by atoms with van der Waals surface area (Å²) in [6.07, 6.45) is 0.159. The van der Waals surface area contributed by atoms with Crippen LogP contribution in [0.1, 0.15) is 12.0 Å². The lowest BCUT2D eigenvalue weighted by atomic mass is 10.1. The summed E-state index contributed by atoms with van der Waals surface area (Å²) >= 11 is 0. The fraction of sp³-hybridized carbons (Fsp3) is 0.278. The summed E-state index contributed by atoms with van der Waals surface area (Å²) in [7, 11) is 0. The van der Waals surface area contributed by atoms with Crippen LogP contribution in [0.4, 0.5) is 13.2 Å². The van der Waals surface area contributed by atoms with Crippen LogP contribution in [0.2, 0.25) is 0 Å². The quantitative estimate of drug-likeness (QED) is 0.592. The van der Waals surface area contributed by atoms with E-state index in [2.05, 4.69) is 10.8 Å². The van der Waals surface area contributed by atoms with Crippen LogP contribution in [0.15, 0.2) is 36.5 Å². The van der Waals surface area contributed by atoms with Crippen molar-refractivity contribution < 1.29 is 27.5 Å². The summed E-state index contributed by atoms with van der Waals surface area (Å²) in [5.74, 6) is -1.90. The third-order valence-electron chi connectivity index (χ3n) is 3.51. The molecule has 2 aromatic rings. The van der Waals surface area contributed by atoms with E-state index < -0.39 is 31.2 Å². The predicted molar refractivity (Wildman–Crippen MR) is 91.2 cm³/mol. The molecule has 9 heteroatoms. The summed E-state index contributed by atoms with van der Waals surface area (Å²) in [5, 5.41) is 11.2. The van der Waals surface area contributed by atoms with Crippen LogP contribution in [-0.2, 0) is 20.9 Å². The molecule has 0 saturated carbocycles. The maximum Gasteiger partial charge on any atom is 0.405 e. The number of ether oxygens (including phenoxy) is 1. The summed E-state index contributed by atoms with van der Waals surface area (Å²) in [6, 6.07) is 9.49. The number of hydrogen-bond donors (Lipinski definition) is 1. The number of para-hydroxylation sites is 1. The number of nitriles is 1. The molecule has 0 spiro atoms. The van der Waals surface area contributed by atoms with Crippen molar-refractivity contribution in [3.63, 3.8) is 0 Å². The van der Waals surface area contributed by atoms with E-state index in [0.29, 0.717) is 18.5 Å². The Morgan fingerprint density at radius 3 is 2.74 bits per heavy atom. The first-order valence-electron chi connectivity index (χ1n) is 7.93. The highest BCUT2D eigenvalue weighted by Crippen LogP contribution is 2.22. The highest BCUT2D eigenvalue weighted by atomic mass is 19.4. The Morgan fingerprint density at radius 2 is 2.04 bits per heavy atom. The molecule has 0 fully saturated rings. The second kappa shape index (κ2) is 8.89. The van der Waals surface area contributed by atoms with Gasteiger partial charge in [0, 0.05) is 35.3 Å². The van der Waals surface area contributed by atoms with Gasteiger partial charge in [0.25, 0.3) is 5.91 Å². The standard InChI is InChI=1S/C18H16F3N3O3/c19-18(20,21)12-23-16(25)11-27-17(26)7-6-13-10-24(9-3-8-22)15-5-2-1-4-14(13)15/h1-2,4-7,10H,3,9,11-12H2,(H,23,25)/b7-6+. The van der Waals surface area contributed by atoms with Gasteiger partial charge in [0.1, 0.15) is 6.54 Å². The monoisotopic (exact) mass is 379 g/mol. The fourth-order valence-electron chi connectivity index (χ4n) is 2.36. The Balaban J connectivity index is 1.98. The average Bonchev–Trinajstić information content (AvgIpc) is 2.98. The molecule has 1 heterocycles. The minimum Gasteiger partial charge on any atom is -0.452 e. The van der Waals surface area contributed by atoms with Gasteiger partial charge in [0.15, 0.2) is 6.61 Å². The maximum absolute atomic E-state index is 12.0. The van der Waals surface area contributed by atoms with Gasteiger partial charge in [-0.05, 0) is 12.1 Å². The van der Waals surface area contributed by atoms with E-state index in [1.807, 2.05) is 28.8 Å². The molecule has 1 amide bonds. The smallest absolute Gasteiger partial charge is 0.405 e. The highest BCUT2D eigenvalue weighted by Gasteiger charge is 2.27. The molecule has 0 aliphatic carbocycles. The zero-order valence-corrected chi connectivity index (χ0v) is 14.1. The van der Waals surface area contributed by atoms with E-state index >= 15 is 0 Å². The number of carbonyl (C=O) groups excluding carboxylic acids is 2. The minimum absolute atomic E-state index is 0.330. The van der Waals surface area contributed by atoms with Crippen molar-refractivity contribution in [2.75, 3.05) is 13.2 Å². The van der Waals surface area contributed by atoms with Crippen LogP contribution in [0.3, 0.4) is 0 Å². The first kappa shape index (κ1) is 20.0. The highest BCUT2D eigenvalue weighted by molar-refractivity contribution is 5.95. The van der Waals surface area contributed by atoms with Gasteiger partial charge in [-0.3, -0.25) is 4.79 Å². The van der Waals surface area contributed by atoms with Crippen molar-refractivity contribution in [3.8, 4) is 6.07 Å². The Bertz CT molecular complexity index is 895. The van der Waals surface area contributed by atoms with E-state index in [9.17, 15) is 22.8 Å². The molecule has 142 valence electrons. The molecule has 2 rings (SSSR count). The van der Waals surface area contributed by atoms with E-state index in [4.69, 9.17) is 5.26 Å². The summed E-state index contributed by atoms with van der Waals surface area (Å²) in [4.78, 5) is 22.9. The van der Waals surface area contributed by atoms with Crippen molar-refractivity contribution in [1.29, 1.82) is 5.26 Å². The number of hydrogen-bond acceptors (Lipinski definition) is 4. The Kier molecular flexibility index (Phi) is 6.60. The van der Waals surface area contributed by atoms with Gasteiger partial charge in [-0.15, -0.1) is 0 Å². The summed E-state index contributed by atoms with van der Waals surface area (Å²) in [5.41, 5.74) is 1.61. The lowest BCUT2D eigenvalue weighted by Crippen LogP contribution is -2.36. The summed E-state index contributed by atoms with van der Waals surface area (Å²) < 4.78 is 42.4. The third kappa shape index (κ3) is 6.18. The van der Waals surface area contributed by atoms with Crippen LogP contribution < -0.4 is 5.32 Å². The molecular weight excluding hydrogens is 363 g/mol. The molecule has 6 nitrogen and oxygen atoms in total. The normalized spacial score (nSPS) is 11.5. The largest absolute Gasteiger partial charge is 0.452 e. The number of amides is 1. The van der Waals surface area contributed by atoms with Gasteiger partial charge >= 0.3 is 12.1 Å². The number of benzene rings is 1. The molecule has 0 aliphatic heterocycles. The van der Waals surface area contributed by atoms with Crippen molar-refractivity contribution in [1.82, 2.24) is 9.88 Å². The van der Waals surface area contributed by atoms with Crippen LogP contribution >= 0.6 is 0 Å². The molecule has 27 heavy (non-hydrogen) atoms. The van der Waals surface area contributed by atoms with Crippen molar-refractivity contribution in [2.24, 2.45) is 0 Å². The number of fused-ring (bicyclic) bond motifs is 1. The molecule has 1 aromatic heterocycles. The number of nitrogens with zero attached hydrogens (tertiary/aromatic N) is 2. The summed E-state index contributed by atoms with van der Waals surface area (Å²) in [6.45, 7) is -1.79. The van der Waals surface area contributed by atoms with E-state index in [1.165, 1.54) is 6.08 Å². The van der Waals surface area contributed by atoms with Gasteiger partial charge in [-0.2, -0.15) is 18.4 Å². The molecule has 1 aromatic carbocycles. The van der Waals surface area contributed by atoms with E-state index in [0.717, 1.165) is 17.0 Å². The fourth-order valence-corrected chi connectivity index (χ4v) is 2.36. The van der Waals surface area contributed by atoms with Gasteiger partial charge in [-0.25, -0.2) is 4.79 Å². The number of aryl methyl sites for hydroxylation is 1. The topological polar surface area (TPSA) is 84.1 Å². The Labute approximate surface area is 152 Å². The van der Waals surface area contributed by atoms with E-state index in [1.54, 1.807) is 11.5 Å². The number of nitrogens with one attached hydrogen (secondary N) is 1. The van der Waals surface area contributed by atoms with Gasteiger partial charge < -0.3 is 14.6 Å². The molecular formula is C18H16F3N3O3. The molecule has 0 atom stereocenters. The molecule has 0 aliphatic rings. The van der Waals surface area contributed by atoms with Crippen LogP contribution in [0.25, 0.3) is 17.0 Å². The average molecular weight is 379 g/mol. The molecule has 0 saturated heterocycles. The number of carbonyl (C=O) groups is 2. The van der Waals surface area contributed by atoms with Crippen LogP contribution in [-0.4, -0.2) is 35.8 Å². The molecule has 0 radical (unpaired) electrons. The van der Waals surface area contributed by atoms with E-state index in [-0.39, 0.29) is 0 Å². The van der Waals surface area contributed by atoms with Gasteiger partial charge in [0.2, 0.25) is 0 Å². The number of halogens is 3. The third-order valence-corrected chi connectivity index (χ3v) is 3.51. The SMILES string of the molecule is N#CCCn1cc(/C=C/C(=O)OCC(=O)NCC(F)(F)F)c2ccccc21. The number of aromatic nitrogens is 1. The first-order valence-corrected chi connectivity index (χ1v) is 7.93. The second-order valence-corrected chi connectivity index (χ2v) is 5.54. The lowest BCUT2D eigenvalue weighted by molar-refractivity contribution is -0.148. The minimum atomic E-state index is -4.53. The molecule has 0 unspecified atom stereocenters. The number of rotatable bonds is 7. The predicted octanol–water partition coefficient (Wildman–Crippen LogP) is 2.79. The van der Waals surface area contributed by atoms with Crippen molar-refractivity contribution in [3.05, 3.63) is 42.1 Å². The van der Waals surface area contributed by atoms with Crippen LogP contribution in [0, 0.1) is 11.3 Å². The Hall–Kier alpha value is -3.28.